The summed E-state index contributed by atoms with van der Waals surface area (Å²) >= 11 is 1.25. The highest BCUT2D eigenvalue weighted by molar-refractivity contribution is 8.00. The molecule has 0 aromatic carbocycles. The van der Waals surface area contributed by atoms with E-state index in [2.05, 4.69) is 20.5 Å². The number of hydrogen-bond acceptors (Lipinski definition) is 7. The zero-order valence-corrected chi connectivity index (χ0v) is 14.7. The van der Waals surface area contributed by atoms with E-state index >= 15 is 0 Å². The molecule has 0 spiro atoms. The second-order valence-electron chi connectivity index (χ2n) is 5.71. The fourth-order valence-corrected chi connectivity index (χ4v) is 3.05. The molecule has 0 radical (unpaired) electrons. The number of thioether (sulfide) groups is 1. The first-order valence-electron chi connectivity index (χ1n) is 7.84. The first-order valence-corrected chi connectivity index (χ1v) is 8.72. The molecular formula is C17H18N4O3S. The van der Waals surface area contributed by atoms with Crippen molar-refractivity contribution in [2.75, 3.05) is 0 Å². The van der Waals surface area contributed by atoms with Gasteiger partial charge in [-0.2, -0.15) is 0 Å². The predicted molar refractivity (Wildman–Crippen MR) is 92.6 cm³/mol. The van der Waals surface area contributed by atoms with Gasteiger partial charge in [-0.05, 0) is 29.7 Å². The number of pyridine rings is 1. The number of amides is 1. The predicted octanol–water partition coefficient (Wildman–Crippen LogP) is 3.16. The smallest absolute Gasteiger partial charge is 0.284 e. The number of hydrogen-bond donors (Lipinski definition) is 1. The first-order chi connectivity index (χ1) is 12.1. The Labute approximate surface area is 149 Å². The van der Waals surface area contributed by atoms with Gasteiger partial charge in [-0.3, -0.25) is 9.78 Å². The highest BCUT2D eigenvalue weighted by atomic mass is 32.2. The normalized spacial score (nSPS) is 12.3. The van der Waals surface area contributed by atoms with E-state index in [0.717, 1.165) is 5.56 Å². The van der Waals surface area contributed by atoms with Gasteiger partial charge >= 0.3 is 0 Å². The largest absolute Gasteiger partial charge is 0.459 e. The molecule has 0 saturated carbocycles. The molecule has 1 amide bonds. The van der Waals surface area contributed by atoms with E-state index in [4.69, 9.17) is 8.83 Å². The van der Waals surface area contributed by atoms with Crippen LogP contribution in [0.15, 0.2) is 57.0 Å². The molecule has 0 aliphatic heterocycles. The standard InChI is InChI=1S/C17H18N4O3S/c1-11(2)14(15(22)19-10-12-5-3-7-18-9-12)25-17-21-20-16(24-17)13-6-4-8-23-13/h3-9,11,14H,10H2,1-2H3,(H,19,22)/t14-/m1/s1. The molecule has 0 aliphatic rings. The van der Waals surface area contributed by atoms with E-state index in [1.807, 2.05) is 26.0 Å². The van der Waals surface area contributed by atoms with Crippen LogP contribution in [0.3, 0.4) is 0 Å². The van der Waals surface area contributed by atoms with E-state index in [1.54, 1.807) is 24.5 Å². The monoisotopic (exact) mass is 358 g/mol. The molecule has 8 heteroatoms. The molecule has 1 N–H and O–H groups in total. The number of carbonyl (C=O) groups excluding carboxylic acids is 1. The highest BCUT2D eigenvalue weighted by Gasteiger charge is 2.26. The molecule has 7 nitrogen and oxygen atoms in total. The van der Waals surface area contributed by atoms with E-state index in [1.165, 1.54) is 18.0 Å². The van der Waals surface area contributed by atoms with Gasteiger partial charge in [0.2, 0.25) is 5.91 Å². The minimum absolute atomic E-state index is 0.0819. The van der Waals surface area contributed by atoms with Gasteiger partial charge < -0.3 is 14.2 Å². The third kappa shape index (κ3) is 4.48. The second kappa shape index (κ2) is 7.98. The van der Waals surface area contributed by atoms with Crippen molar-refractivity contribution in [2.45, 2.75) is 30.9 Å². The molecular weight excluding hydrogens is 340 g/mol. The molecule has 3 rings (SSSR count). The summed E-state index contributed by atoms with van der Waals surface area (Å²) in [6.07, 6.45) is 4.96. The molecule has 3 aromatic rings. The van der Waals surface area contributed by atoms with Crippen molar-refractivity contribution in [2.24, 2.45) is 5.92 Å². The number of rotatable bonds is 7. The van der Waals surface area contributed by atoms with Crippen LogP contribution in [0.1, 0.15) is 19.4 Å². The second-order valence-corrected chi connectivity index (χ2v) is 6.80. The van der Waals surface area contributed by atoms with Gasteiger partial charge in [0.15, 0.2) is 5.76 Å². The maximum atomic E-state index is 12.5. The Hall–Kier alpha value is -2.61. The summed E-state index contributed by atoms with van der Waals surface area (Å²) in [5.41, 5.74) is 0.946. The topological polar surface area (TPSA) is 94.0 Å². The van der Waals surface area contributed by atoms with Crippen LogP contribution >= 0.6 is 11.8 Å². The highest BCUT2D eigenvalue weighted by Crippen LogP contribution is 2.29. The SMILES string of the molecule is CC(C)[C@@H](Sc1nnc(-c2ccco2)o1)C(=O)NCc1cccnc1. The molecule has 1 atom stereocenters. The van der Waals surface area contributed by atoms with Gasteiger partial charge in [0.1, 0.15) is 0 Å². The summed E-state index contributed by atoms with van der Waals surface area (Å²) in [6, 6.07) is 7.24. The molecule has 3 aromatic heterocycles. The Kier molecular flexibility index (Phi) is 5.49. The van der Waals surface area contributed by atoms with Crippen molar-refractivity contribution < 1.29 is 13.6 Å². The molecule has 0 bridgehead atoms. The van der Waals surface area contributed by atoms with Gasteiger partial charge in [0, 0.05) is 18.9 Å². The van der Waals surface area contributed by atoms with E-state index < -0.39 is 0 Å². The zero-order chi connectivity index (χ0) is 17.6. The van der Waals surface area contributed by atoms with E-state index in [-0.39, 0.29) is 17.1 Å². The minimum Gasteiger partial charge on any atom is -0.459 e. The van der Waals surface area contributed by atoms with Crippen LogP contribution in [-0.4, -0.2) is 26.3 Å². The molecule has 0 unspecified atom stereocenters. The Balaban J connectivity index is 1.64. The van der Waals surface area contributed by atoms with Crippen LogP contribution in [0.25, 0.3) is 11.7 Å². The van der Waals surface area contributed by atoms with Crippen molar-refractivity contribution in [1.82, 2.24) is 20.5 Å². The summed E-state index contributed by atoms with van der Waals surface area (Å²) < 4.78 is 10.8. The van der Waals surface area contributed by atoms with Gasteiger partial charge in [-0.1, -0.05) is 31.7 Å². The molecule has 3 heterocycles. The quantitative estimate of drug-likeness (QED) is 0.648. The lowest BCUT2D eigenvalue weighted by atomic mass is 10.1. The number of aromatic nitrogens is 3. The number of nitrogens with zero attached hydrogens (tertiary/aromatic N) is 3. The van der Waals surface area contributed by atoms with Gasteiger partial charge in [-0.15, -0.1) is 10.2 Å². The Morgan fingerprint density at radius 1 is 1.28 bits per heavy atom. The molecule has 130 valence electrons. The Morgan fingerprint density at radius 2 is 2.16 bits per heavy atom. The minimum atomic E-state index is -0.346. The Bertz CT molecular complexity index is 802. The van der Waals surface area contributed by atoms with Gasteiger partial charge in [0.05, 0.1) is 11.5 Å². The third-order valence-electron chi connectivity index (χ3n) is 3.42. The molecule has 25 heavy (non-hydrogen) atoms. The summed E-state index contributed by atoms with van der Waals surface area (Å²) in [4.78, 5) is 16.6. The summed E-state index contributed by atoms with van der Waals surface area (Å²) in [7, 11) is 0. The lowest BCUT2D eigenvalue weighted by molar-refractivity contribution is -0.121. The van der Waals surface area contributed by atoms with Crippen molar-refractivity contribution in [1.29, 1.82) is 0 Å². The fraction of sp³-hybridized carbons (Fsp3) is 0.294. The Morgan fingerprint density at radius 3 is 2.84 bits per heavy atom. The van der Waals surface area contributed by atoms with Crippen molar-refractivity contribution in [3.05, 3.63) is 48.5 Å². The maximum Gasteiger partial charge on any atom is 0.284 e. The maximum absolute atomic E-state index is 12.5. The third-order valence-corrected chi connectivity index (χ3v) is 4.80. The van der Waals surface area contributed by atoms with Crippen molar-refractivity contribution in [3.63, 3.8) is 0 Å². The van der Waals surface area contributed by atoms with E-state index in [9.17, 15) is 4.79 Å². The zero-order valence-electron chi connectivity index (χ0n) is 13.9. The summed E-state index contributed by atoms with van der Waals surface area (Å²) in [5.74, 6) is 0.812. The summed E-state index contributed by atoms with van der Waals surface area (Å²) in [6.45, 7) is 4.38. The van der Waals surface area contributed by atoms with E-state index in [0.29, 0.717) is 23.4 Å². The van der Waals surface area contributed by atoms with Crippen LogP contribution in [0.4, 0.5) is 0 Å². The van der Waals surface area contributed by atoms with Crippen LogP contribution < -0.4 is 5.32 Å². The number of nitrogens with one attached hydrogen (secondary N) is 1. The average molecular weight is 358 g/mol. The lowest BCUT2D eigenvalue weighted by Crippen LogP contribution is -2.35. The molecule has 0 saturated heterocycles. The van der Waals surface area contributed by atoms with Crippen LogP contribution in [-0.2, 0) is 11.3 Å². The van der Waals surface area contributed by atoms with Gasteiger partial charge in [0.25, 0.3) is 11.1 Å². The first kappa shape index (κ1) is 17.2. The van der Waals surface area contributed by atoms with Gasteiger partial charge in [-0.25, -0.2) is 0 Å². The number of carbonyl (C=O) groups is 1. The summed E-state index contributed by atoms with van der Waals surface area (Å²) in [5, 5.41) is 10.9. The number of furan rings is 1. The van der Waals surface area contributed by atoms with Crippen molar-refractivity contribution in [3.8, 4) is 11.7 Å². The van der Waals surface area contributed by atoms with Crippen LogP contribution in [0.2, 0.25) is 0 Å². The van der Waals surface area contributed by atoms with Crippen LogP contribution in [0, 0.1) is 5.92 Å². The molecule has 0 fully saturated rings. The average Bonchev–Trinajstić information content (AvgIpc) is 3.29. The van der Waals surface area contributed by atoms with Crippen molar-refractivity contribution >= 4 is 17.7 Å². The lowest BCUT2D eigenvalue weighted by Gasteiger charge is -2.17. The molecule has 0 aliphatic carbocycles. The van der Waals surface area contributed by atoms with Crippen LogP contribution in [0.5, 0.6) is 0 Å². The fourth-order valence-electron chi connectivity index (χ4n) is 2.15.